The van der Waals surface area contributed by atoms with E-state index in [9.17, 15) is 4.79 Å². The van der Waals surface area contributed by atoms with Gasteiger partial charge in [-0.05, 0) is 62.9 Å². The summed E-state index contributed by atoms with van der Waals surface area (Å²) in [5, 5.41) is 7.71. The van der Waals surface area contributed by atoms with Gasteiger partial charge in [-0.3, -0.25) is 4.79 Å². The molecule has 0 radical (unpaired) electrons. The van der Waals surface area contributed by atoms with Crippen LogP contribution in [-0.4, -0.2) is 19.6 Å². The number of carbonyl (C=O) groups is 1. The first-order valence-corrected chi connectivity index (χ1v) is 9.49. The summed E-state index contributed by atoms with van der Waals surface area (Å²) in [4.78, 5) is 11.3. The molecule has 4 aromatic carbocycles. The number of hydrogen-bond donors (Lipinski definition) is 1. The molecule has 0 fully saturated rings. The van der Waals surface area contributed by atoms with Crippen LogP contribution < -0.4 is 10.1 Å². The summed E-state index contributed by atoms with van der Waals surface area (Å²) in [5.74, 6) is 0.832. The lowest BCUT2D eigenvalue weighted by Crippen LogP contribution is -2.22. The van der Waals surface area contributed by atoms with E-state index in [1.165, 1.54) is 32.8 Å². The first-order valence-electron chi connectivity index (χ1n) is 9.49. The van der Waals surface area contributed by atoms with Gasteiger partial charge in [0.05, 0.1) is 7.11 Å². The van der Waals surface area contributed by atoms with Crippen molar-refractivity contribution in [3.05, 3.63) is 78.4 Å². The van der Waals surface area contributed by atoms with Gasteiger partial charge in [-0.2, -0.15) is 0 Å². The van der Waals surface area contributed by atoms with E-state index in [0.717, 1.165) is 17.6 Å². The predicted molar refractivity (Wildman–Crippen MR) is 116 cm³/mol. The van der Waals surface area contributed by atoms with E-state index in [2.05, 4.69) is 72.0 Å². The molecule has 1 amide bonds. The van der Waals surface area contributed by atoms with Gasteiger partial charge in [0.15, 0.2) is 0 Å². The van der Waals surface area contributed by atoms with Gasteiger partial charge in [-0.15, -0.1) is 0 Å². The molecule has 4 aromatic rings. The second-order valence-corrected chi connectivity index (χ2v) is 6.98. The number of nitrogens with one attached hydrogen (secondary N) is 1. The summed E-state index contributed by atoms with van der Waals surface area (Å²) >= 11 is 0. The highest BCUT2D eigenvalue weighted by Crippen LogP contribution is 2.34. The third-order valence-electron chi connectivity index (χ3n) is 5.12. The lowest BCUT2D eigenvalue weighted by Gasteiger charge is -2.14. The second kappa shape index (κ2) is 7.73. The van der Waals surface area contributed by atoms with Crippen LogP contribution >= 0.6 is 0 Å². The molecule has 0 heterocycles. The molecule has 1 N–H and O–H groups in total. The first-order chi connectivity index (χ1) is 13.7. The molecular formula is C25H23NO2. The molecule has 3 heteroatoms. The largest absolute Gasteiger partial charge is 0.497 e. The maximum Gasteiger partial charge on any atom is 0.216 e. The Morgan fingerprint density at radius 1 is 0.893 bits per heavy atom. The van der Waals surface area contributed by atoms with Crippen LogP contribution in [0.4, 0.5) is 0 Å². The lowest BCUT2D eigenvalue weighted by molar-refractivity contribution is -0.118. The monoisotopic (exact) mass is 369 g/mol. The fourth-order valence-corrected chi connectivity index (χ4v) is 3.75. The molecule has 0 aromatic heterocycles. The zero-order chi connectivity index (χ0) is 19.5. The number of benzene rings is 4. The SMILES string of the molecule is COc1ccc2cc(-c3cccc4ccccc34)cc(CCNC(C)=O)c2c1. The Balaban J connectivity index is 1.88. The molecule has 0 spiro atoms. The molecule has 3 nitrogen and oxygen atoms in total. The van der Waals surface area contributed by atoms with E-state index in [0.29, 0.717) is 6.54 Å². The van der Waals surface area contributed by atoms with Crippen molar-refractivity contribution in [1.29, 1.82) is 0 Å². The fraction of sp³-hybridized carbons (Fsp3) is 0.160. The Kier molecular flexibility index (Phi) is 4.98. The second-order valence-electron chi connectivity index (χ2n) is 6.98. The van der Waals surface area contributed by atoms with Crippen LogP contribution in [0.5, 0.6) is 5.75 Å². The van der Waals surface area contributed by atoms with E-state index in [4.69, 9.17) is 4.74 Å². The molecule has 0 aliphatic heterocycles. The standard InChI is InChI=1S/C25H23NO2/c1-17(27)26-13-12-20-15-21(14-19-10-11-22(28-2)16-25(19)20)24-9-5-7-18-6-3-4-8-23(18)24/h3-11,14-16H,12-13H2,1-2H3,(H,26,27). The van der Waals surface area contributed by atoms with Gasteiger partial charge in [-0.1, -0.05) is 54.6 Å². The van der Waals surface area contributed by atoms with Crippen LogP contribution in [0.25, 0.3) is 32.7 Å². The van der Waals surface area contributed by atoms with Gasteiger partial charge >= 0.3 is 0 Å². The Morgan fingerprint density at radius 3 is 2.54 bits per heavy atom. The number of ether oxygens (including phenoxy) is 1. The molecule has 0 saturated heterocycles. The third-order valence-corrected chi connectivity index (χ3v) is 5.12. The summed E-state index contributed by atoms with van der Waals surface area (Å²) in [7, 11) is 1.68. The zero-order valence-electron chi connectivity index (χ0n) is 16.2. The molecule has 0 aliphatic carbocycles. The third kappa shape index (κ3) is 3.56. The highest BCUT2D eigenvalue weighted by molar-refractivity contribution is 6.00. The molecule has 0 unspecified atom stereocenters. The lowest BCUT2D eigenvalue weighted by atomic mass is 9.92. The average Bonchev–Trinajstić information content (AvgIpc) is 2.72. The summed E-state index contributed by atoms with van der Waals surface area (Å²) < 4.78 is 5.42. The van der Waals surface area contributed by atoms with E-state index >= 15 is 0 Å². The molecule has 4 rings (SSSR count). The van der Waals surface area contributed by atoms with Gasteiger partial charge in [0.25, 0.3) is 0 Å². The summed E-state index contributed by atoms with van der Waals surface area (Å²) in [6.45, 7) is 2.16. The van der Waals surface area contributed by atoms with Crippen LogP contribution in [0.1, 0.15) is 12.5 Å². The smallest absolute Gasteiger partial charge is 0.216 e. The molecule has 0 saturated carbocycles. The Hall–Kier alpha value is -3.33. The number of hydrogen-bond acceptors (Lipinski definition) is 2. The number of amides is 1. The van der Waals surface area contributed by atoms with E-state index in [1.807, 2.05) is 6.07 Å². The highest BCUT2D eigenvalue weighted by atomic mass is 16.5. The van der Waals surface area contributed by atoms with Crippen molar-refractivity contribution >= 4 is 27.5 Å². The molecule has 140 valence electrons. The van der Waals surface area contributed by atoms with Crippen LogP contribution in [0, 0.1) is 0 Å². The molecule has 0 aliphatic rings. The van der Waals surface area contributed by atoms with Crippen LogP contribution in [0.2, 0.25) is 0 Å². The van der Waals surface area contributed by atoms with Crippen molar-refractivity contribution in [2.75, 3.05) is 13.7 Å². The Bertz CT molecular complexity index is 1160. The highest BCUT2D eigenvalue weighted by Gasteiger charge is 2.10. The maximum absolute atomic E-state index is 11.3. The van der Waals surface area contributed by atoms with Crippen molar-refractivity contribution in [2.24, 2.45) is 0 Å². The van der Waals surface area contributed by atoms with Gasteiger partial charge in [0.1, 0.15) is 5.75 Å². The minimum absolute atomic E-state index is 0.00732. The Labute approximate surface area is 165 Å². The molecular weight excluding hydrogens is 346 g/mol. The normalized spacial score (nSPS) is 10.9. The number of fused-ring (bicyclic) bond motifs is 2. The number of rotatable bonds is 5. The Morgan fingerprint density at radius 2 is 1.71 bits per heavy atom. The van der Waals surface area contributed by atoms with E-state index in [1.54, 1.807) is 14.0 Å². The van der Waals surface area contributed by atoms with Gasteiger partial charge < -0.3 is 10.1 Å². The van der Waals surface area contributed by atoms with Crippen molar-refractivity contribution in [1.82, 2.24) is 5.32 Å². The summed E-state index contributed by atoms with van der Waals surface area (Å²) in [5.41, 5.74) is 3.61. The van der Waals surface area contributed by atoms with Crippen molar-refractivity contribution < 1.29 is 9.53 Å². The zero-order valence-corrected chi connectivity index (χ0v) is 16.2. The minimum Gasteiger partial charge on any atom is -0.497 e. The topological polar surface area (TPSA) is 38.3 Å². The molecule has 0 atom stereocenters. The molecule has 28 heavy (non-hydrogen) atoms. The maximum atomic E-state index is 11.3. The summed E-state index contributed by atoms with van der Waals surface area (Å²) in [6.07, 6.45) is 0.766. The minimum atomic E-state index is -0.00732. The van der Waals surface area contributed by atoms with Crippen molar-refractivity contribution in [3.63, 3.8) is 0 Å². The molecule has 0 bridgehead atoms. The first kappa shape index (κ1) is 18.1. The van der Waals surface area contributed by atoms with Crippen molar-refractivity contribution in [2.45, 2.75) is 13.3 Å². The van der Waals surface area contributed by atoms with Crippen LogP contribution in [0.15, 0.2) is 72.8 Å². The van der Waals surface area contributed by atoms with Crippen LogP contribution in [-0.2, 0) is 11.2 Å². The van der Waals surface area contributed by atoms with Crippen LogP contribution in [0.3, 0.4) is 0 Å². The fourth-order valence-electron chi connectivity index (χ4n) is 3.75. The average molecular weight is 369 g/mol. The predicted octanol–water partition coefficient (Wildman–Crippen LogP) is 5.35. The van der Waals surface area contributed by atoms with E-state index in [-0.39, 0.29) is 5.91 Å². The number of methoxy groups -OCH3 is 1. The van der Waals surface area contributed by atoms with Gasteiger partial charge in [0, 0.05) is 13.5 Å². The number of carbonyl (C=O) groups excluding carboxylic acids is 1. The van der Waals surface area contributed by atoms with Gasteiger partial charge in [0.2, 0.25) is 5.91 Å². The van der Waals surface area contributed by atoms with E-state index < -0.39 is 0 Å². The quantitative estimate of drug-likeness (QED) is 0.515. The van der Waals surface area contributed by atoms with Crippen molar-refractivity contribution in [3.8, 4) is 16.9 Å². The van der Waals surface area contributed by atoms with Gasteiger partial charge in [-0.25, -0.2) is 0 Å². The summed E-state index contributed by atoms with van der Waals surface area (Å²) in [6, 6.07) is 25.5.